The highest BCUT2D eigenvalue weighted by Crippen LogP contribution is 2.19. The fraction of sp³-hybridized carbons (Fsp3) is 0.519. The van der Waals surface area contributed by atoms with Crippen LogP contribution in [-0.4, -0.2) is 75.6 Å². The number of nitrogens with one attached hydrogen (secondary N) is 4. The van der Waals surface area contributed by atoms with Gasteiger partial charge in [-0.25, -0.2) is 4.79 Å². The van der Waals surface area contributed by atoms with Crippen LogP contribution in [0.1, 0.15) is 51.5 Å². The van der Waals surface area contributed by atoms with E-state index in [1.807, 2.05) is 24.3 Å². The summed E-state index contributed by atoms with van der Waals surface area (Å²) in [6.07, 6.45) is 2.66. The molecule has 1 heterocycles. The van der Waals surface area contributed by atoms with E-state index in [0.717, 1.165) is 10.9 Å². The third-order valence-electron chi connectivity index (χ3n) is 6.55. The normalized spacial score (nSPS) is 14.2. The molecular formula is C27H40N6O7. The van der Waals surface area contributed by atoms with E-state index >= 15 is 0 Å². The average molecular weight is 561 g/mol. The Morgan fingerprint density at radius 3 is 2.20 bits per heavy atom. The number of rotatable bonds is 17. The Morgan fingerprint density at radius 2 is 1.57 bits per heavy atom. The molecule has 4 atom stereocenters. The van der Waals surface area contributed by atoms with Crippen molar-refractivity contribution in [3.63, 3.8) is 0 Å². The lowest BCUT2D eigenvalue weighted by molar-refractivity contribution is -0.143. The van der Waals surface area contributed by atoms with Gasteiger partial charge in [-0.05, 0) is 43.4 Å². The van der Waals surface area contributed by atoms with Crippen molar-refractivity contribution < 1.29 is 34.2 Å². The standard InChI is InChI=1S/C27H40N6O7/c1-15(2)23(33-24(36)18(29)8-5-6-12-28)26(38)32-21(13-16-14-30-19-9-4-3-7-17(16)19)25(37)31-20(27(39)40)10-11-22(34)35/h3-4,7,9,14-15,18,20-21,23,30H,5-6,8,10-13,28-29H2,1-2H3,(H,31,37)(H,32,38)(H,33,36)(H,34,35)(H,39,40). The molecule has 3 amide bonds. The van der Waals surface area contributed by atoms with Gasteiger partial charge in [0, 0.05) is 29.9 Å². The first kappa shape index (κ1) is 32.2. The third-order valence-corrected chi connectivity index (χ3v) is 6.55. The van der Waals surface area contributed by atoms with E-state index in [2.05, 4.69) is 20.9 Å². The Bertz CT molecular complexity index is 1180. The van der Waals surface area contributed by atoms with Crippen molar-refractivity contribution in [2.45, 2.75) is 76.5 Å². The topological polar surface area (TPSA) is 230 Å². The number of carbonyl (C=O) groups excluding carboxylic acids is 3. The average Bonchev–Trinajstić information content (AvgIpc) is 3.31. The van der Waals surface area contributed by atoms with Crippen LogP contribution in [0.3, 0.4) is 0 Å². The lowest BCUT2D eigenvalue weighted by atomic mass is 9.99. The van der Waals surface area contributed by atoms with Crippen LogP contribution in [0.25, 0.3) is 10.9 Å². The maximum Gasteiger partial charge on any atom is 0.326 e. The van der Waals surface area contributed by atoms with Gasteiger partial charge in [0.25, 0.3) is 0 Å². The van der Waals surface area contributed by atoms with Crippen LogP contribution in [0.5, 0.6) is 0 Å². The molecule has 4 unspecified atom stereocenters. The molecule has 0 fully saturated rings. The van der Waals surface area contributed by atoms with Gasteiger partial charge in [-0.1, -0.05) is 38.5 Å². The molecule has 2 rings (SSSR count). The van der Waals surface area contributed by atoms with E-state index in [9.17, 15) is 29.1 Å². The quantitative estimate of drug-likeness (QED) is 0.124. The zero-order valence-corrected chi connectivity index (χ0v) is 22.8. The number of H-pyrrole nitrogens is 1. The highest BCUT2D eigenvalue weighted by molar-refractivity contribution is 5.95. The first-order chi connectivity index (χ1) is 18.9. The molecule has 220 valence electrons. The molecule has 0 saturated heterocycles. The first-order valence-corrected chi connectivity index (χ1v) is 13.3. The summed E-state index contributed by atoms with van der Waals surface area (Å²) in [6.45, 7) is 3.93. The molecule has 1 aromatic heterocycles. The molecule has 13 nitrogen and oxygen atoms in total. The molecule has 10 N–H and O–H groups in total. The van der Waals surface area contributed by atoms with Crippen LogP contribution < -0.4 is 27.4 Å². The molecule has 0 aliphatic heterocycles. The van der Waals surface area contributed by atoms with Crippen LogP contribution in [0, 0.1) is 5.92 Å². The number of aromatic nitrogens is 1. The monoisotopic (exact) mass is 560 g/mol. The maximum absolute atomic E-state index is 13.4. The summed E-state index contributed by atoms with van der Waals surface area (Å²) in [5, 5.41) is 27.0. The summed E-state index contributed by atoms with van der Waals surface area (Å²) in [6, 6.07) is 2.79. The minimum absolute atomic E-state index is 0.00419. The number of aromatic amines is 1. The SMILES string of the molecule is CC(C)C(NC(=O)C(N)CCCCN)C(=O)NC(Cc1c[nH]c2ccccc12)C(=O)NC(CCC(=O)O)C(=O)O. The van der Waals surface area contributed by atoms with Crippen molar-refractivity contribution in [1.29, 1.82) is 0 Å². The second kappa shape index (κ2) is 15.6. The predicted molar refractivity (Wildman–Crippen MR) is 148 cm³/mol. The second-order valence-corrected chi connectivity index (χ2v) is 10.1. The molecule has 0 aliphatic carbocycles. The highest BCUT2D eigenvalue weighted by Gasteiger charge is 2.32. The van der Waals surface area contributed by atoms with Gasteiger partial charge in [-0.15, -0.1) is 0 Å². The Morgan fingerprint density at radius 1 is 0.900 bits per heavy atom. The summed E-state index contributed by atoms with van der Waals surface area (Å²) in [5.41, 5.74) is 13.0. The molecule has 0 aliphatic rings. The summed E-state index contributed by atoms with van der Waals surface area (Å²) in [7, 11) is 0. The van der Waals surface area contributed by atoms with Gasteiger partial charge in [0.2, 0.25) is 17.7 Å². The van der Waals surface area contributed by atoms with Crippen molar-refractivity contribution in [3.8, 4) is 0 Å². The van der Waals surface area contributed by atoms with Crippen LogP contribution in [-0.2, 0) is 30.4 Å². The summed E-state index contributed by atoms with van der Waals surface area (Å²) >= 11 is 0. The van der Waals surface area contributed by atoms with Crippen LogP contribution >= 0.6 is 0 Å². The number of unbranched alkanes of at least 4 members (excludes halogenated alkanes) is 1. The van der Waals surface area contributed by atoms with Crippen molar-refractivity contribution >= 4 is 40.6 Å². The van der Waals surface area contributed by atoms with Gasteiger partial charge < -0.3 is 42.6 Å². The number of carbonyl (C=O) groups is 5. The summed E-state index contributed by atoms with van der Waals surface area (Å²) < 4.78 is 0. The summed E-state index contributed by atoms with van der Waals surface area (Å²) in [5.74, 6) is -4.93. The number of hydrogen-bond donors (Lipinski definition) is 8. The molecule has 40 heavy (non-hydrogen) atoms. The second-order valence-electron chi connectivity index (χ2n) is 10.1. The van der Waals surface area contributed by atoms with Gasteiger partial charge in [-0.2, -0.15) is 0 Å². The lowest BCUT2D eigenvalue weighted by Crippen LogP contribution is -2.58. The van der Waals surface area contributed by atoms with E-state index in [-0.39, 0.29) is 18.8 Å². The predicted octanol–water partition coefficient (Wildman–Crippen LogP) is 0.227. The number of amides is 3. The molecule has 2 aromatic rings. The fourth-order valence-electron chi connectivity index (χ4n) is 4.22. The van der Waals surface area contributed by atoms with E-state index in [4.69, 9.17) is 16.6 Å². The minimum atomic E-state index is -1.47. The number of nitrogens with two attached hydrogens (primary N) is 2. The molecule has 1 aromatic carbocycles. The number of aliphatic carboxylic acids is 2. The smallest absolute Gasteiger partial charge is 0.326 e. The molecule has 0 spiro atoms. The lowest BCUT2D eigenvalue weighted by Gasteiger charge is -2.27. The number of hydrogen-bond acceptors (Lipinski definition) is 7. The van der Waals surface area contributed by atoms with Crippen molar-refractivity contribution in [3.05, 3.63) is 36.0 Å². The Hall–Kier alpha value is -3.97. The zero-order chi connectivity index (χ0) is 29.8. The number of fused-ring (bicyclic) bond motifs is 1. The van der Waals surface area contributed by atoms with E-state index in [1.165, 1.54) is 0 Å². The molecular weight excluding hydrogens is 520 g/mol. The van der Waals surface area contributed by atoms with Crippen LogP contribution in [0.4, 0.5) is 0 Å². The van der Waals surface area contributed by atoms with Gasteiger partial charge in [0.15, 0.2) is 0 Å². The fourth-order valence-corrected chi connectivity index (χ4v) is 4.22. The molecule has 13 heteroatoms. The zero-order valence-electron chi connectivity index (χ0n) is 22.8. The first-order valence-electron chi connectivity index (χ1n) is 13.3. The summed E-state index contributed by atoms with van der Waals surface area (Å²) in [4.78, 5) is 65.1. The van der Waals surface area contributed by atoms with Gasteiger partial charge >= 0.3 is 11.9 Å². The molecule has 0 radical (unpaired) electrons. The Kier molecular flexibility index (Phi) is 12.6. The van der Waals surface area contributed by atoms with Crippen molar-refractivity contribution in [2.24, 2.45) is 17.4 Å². The van der Waals surface area contributed by atoms with E-state index in [1.54, 1.807) is 20.0 Å². The van der Waals surface area contributed by atoms with E-state index < -0.39 is 60.2 Å². The van der Waals surface area contributed by atoms with Crippen molar-refractivity contribution in [1.82, 2.24) is 20.9 Å². The largest absolute Gasteiger partial charge is 0.481 e. The molecule has 0 saturated carbocycles. The number of carboxylic acid groups (broad SMARTS) is 2. The Balaban J connectivity index is 2.26. The number of benzene rings is 1. The maximum atomic E-state index is 13.4. The number of carboxylic acids is 2. The molecule has 0 bridgehead atoms. The van der Waals surface area contributed by atoms with Crippen molar-refractivity contribution in [2.75, 3.05) is 6.54 Å². The van der Waals surface area contributed by atoms with Gasteiger partial charge in [0.1, 0.15) is 18.1 Å². The van der Waals surface area contributed by atoms with Crippen LogP contribution in [0.15, 0.2) is 30.5 Å². The highest BCUT2D eigenvalue weighted by atomic mass is 16.4. The van der Waals surface area contributed by atoms with E-state index in [0.29, 0.717) is 31.4 Å². The van der Waals surface area contributed by atoms with Gasteiger partial charge in [0.05, 0.1) is 6.04 Å². The minimum Gasteiger partial charge on any atom is -0.481 e. The van der Waals surface area contributed by atoms with Crippen LogP contribution in [0.2, 0.25) is 0 Å². The third kappa shape index (κ3) is 9.65. The Labute approximate surface area is 232 Å². The number of para-hydroxylation sites is 1. The van der Waals surface area contributed by atoms with Gasteiger partial charge in [-0.3, -0.25) is 19.2 Å².